The first-order valence-corrected chi connectivity index (χ1v) is 9.98. The molecule has 0 radical (unpaired) electrons. The molecule has 2 aromatic rings. The quantitative estimate of drug-likeness (QED) is 0.772. The van der Waals surface area contributed by atoms with E-state index in [-0.39, 0.29) is 17.0 Å². The first-order chi connectivity index (χ1) is 13.9. The lowest BCUT2D eigenvalue weighted by Gasteiger charge is -2.25. The summed E-state index contributed by atoms with van der Waals surface area (Å²) in [5.74, 6) is -1.19. The van der Waals surface area contributed by atoms with Crippen LogP contribution < -0.4 is 20.4 Å². The molecule has 2 fully saturated rings. The van der Waals surface area contributed by atoms with Crippen molar-refractivity contribution in [1.29, 1.82) is 0 Å². The van der Waals surface area contributed by atoms with Crippen LogP contribution in [-0.4, -0.2) is 48.9 Å². The summed E-state index contributed by atoms with van der Waals surface area (Å²) < 4.78 is 22.7. The number of fused-ring (bicyclic) bond motifs is 1. The number of anilines is 1. The van der Waals surface area contributed by atoms with E-state index in [2.05, 4.69) is 12.2 Å². The van der Waals surface area contributed by atoms with E-state index in [0.717, 1.165) is 19.3 Å². The summed E-state index contributed by atoms with van der Waals surface area (Å²) in [7, 11) is 3.38. The Morgan fingerprint density at radius 2 is 2.10 bits per heavy atom. The molecule has 0 bridgehead atoms. The van der Waals surface area contributed by atoms with Gasteiger partial charge in [-0.25, -0.2) is 9.18 Å². The van der Waals surface area contributed by atoms with Gasteiger partial charge in [-0.15, -0.1) is 0 Å². The number of ether oxygens (including phenoxy) is 1. The largest absolute Gasteiger partial charge is 0.492 e. The molecule has 2 atom stereocenters. The number of carboxylic acid groups (broad SMARTS) is 1. The monoisotopic (exact) mass is 403 g/mol. The highest BCUT2D eigenvalue weighted by Gasteiger charge is 2.34. The number of aromatic carboxylic acids is 1. The molecule has 2 unspecified atom stereocenters. The number of methoxy groups -OCH3 is 1. The van der Waals surface area contributed by atoms with E-state index < -0.39 is 17.2 Å². The normalized spacial score (nSPS) is 20.3. The van der Waals surface area contributed by atoms with E-state index >= 15 is 4.39 Å². The third-order valence-corrected chi connectivity index (χ3v) is 6.28. The summed E-state index contributed by atoms with van der Waals surface area (Å²) in [4.78, 5) is 26.3. The van der Waals surface area contributed by atoms with E-state index in [1.165, 1.54) is 19.4 Å². The SMILES string of the molecule is CNC(C)C1CCN(c2c(F)cc3c(=O)c(C(=O)O)cn(C4CC4)c3c2OC)C1. The maximum Gasteiger partial charge on any atom is 0.341 e. The van der Waals surface area contributed by atoms with Crippen LogP contribution in [0.25, 0.3) is 10.9 Å². The van der Waals surface area contributed by atoms with Crippen molar-refractivity contribution in [3.8, 4) is 5.75 Å². The summed E-state index contributed by atoms with van der Waals surface area (Å²) in [6.07, 6.45) is 4.08. The lowest BCUT2D eigenvalue weighted by molar-refractivity contribution is 0.0695. The molecule has 1 saturated carbocycles. The summed E-state index contributed by atoms with van der Waals surface area (Å²) in [5.41, 5.74) is -0.201. The van der Waals surface area contributed by atoms with Crippen molar-refractivity contribution in [1.82, 2.24) is 9.88 Å². The first kappa shape index (κ1) is 19.7. The van der Waals surface area contributed by atoms with Crippen LogP contribution in [0.5, 0.6) is 5.75 Å². The maximum atomic E-state index is 15.3. The van der Waals surface area contributed by atoms with Crippen molar-refractivity contribution in [2.75, 3.05) is 32.1 Å². The minimum atomic E-state index is -1.31. The van der Waals surface area contributed by atoms with E-state index in [0.29, 0.717) is 42.0 Å². The highest BCUT2D eigenvalue weighted by atomic mass is 19.1. The van der Waals surface area contributed by atoms with Crippen LogP contribution in [0, 0.1) is 11.7 Å². The first-order valence-electron chi connectivity index (χ1n) is 9.98. The molecular formula is C21H26FN3O4. The van der Waals surface area contributed by atoms with Gasteiger partial charge in [0, 0.05) is 31.4 Å². The van der Waals surface area contributed by atoms with Gasteiger partial charge in [0.2, 0.25) is 5.43 Å². The van der Waals surface area contributed by atoms with E-state index in [4.69, 9.17) is 4.74 Å². The summed E-state index contributed by atoms with van der Waals surface area (Å²) in [6.45, 7) is 3.48. The van der Waals surface area contributed by atoms with Gasteiger partial charge in [0.25, 0.3) is 0 Å². The molecule has 29 heavy (non-hydrogen) atoms. The van der Waals surface area contributed by atoms with Crippen LogP contribution in [0.15, 0.2) is 17.1 Å². The number of aromatic nitrogens is 1. The Morgan fingerprint density at radius 3 is 2.69 bits per heavy atom. The second-order valence-corrected chi connectivity index (χ2v) is 8.02. The topological polar surface area (TPSA) is 83.8 Å². The number of pyridine rings is 1. The third kappa shape index (κ3) is 3.25. The molecule has 7 nitrogen and oxygen atoms in total. The van der Waals surface area contributed by atoms with Crippen molar-refractivity contribution in [2.45, 2.75) is 38.3 Å². The Labute approximate surface area is 168 Å². The predicted octanol–water partition coefficient (Wildman–Crippen LogP) is 2.62. The fraction of sp³-hybridized carbons (Fsp3) is 0.524. The lowest BCUT2D eigenvalue weighted by Crippen LogP contribution is -2.33. The zero-order valence-corrected chi connectivity index (χ0v) is 16.9. The van der Waals surface area contributed by atoms with Crippen molar-refractivity contribution in [3.05, 3.63) is 33.9 Å². The number of carboxylic acids is 1. The number of nitrogens with one attached hydrogen (secondary N) is 1. The van der Waals surface area contributed by atoms with Crippen molar-refractivity contribution >= 4 is 22.6 Å². The fourth-order valence-corrected chi connectivity index (χ4v) is 4.36. The minimum absolute atomic E-state index is 0.0502. The molecular weight excluding hydrogens is 377 g/mol. The molecule has 0 amide bonds. The molecule has 1 saturated heterocycles. The number of benzene rings is 1. The lowest BCUT2D eigenvalue weighted by atomic mass is 10.0. The number of hydrogen-bond donors (Lipinski definition) is 2. The van der Waals surface area contributed by atoms with Crippen LogP contribution in [0.2, 0.25) is 0 Å². The molecule has 1 aliphatic heterocycles. The number of halogens is 1. The number of carbonyl (C=O) groups is 1. The van der Waals surface area contributed by atoms with Crippen LogP contribution in [0.4, 0.5) is 10.1 Å². The van der Waals surface area contributed by atoms with E-state index in [1.807, 2.05) is 11.9 Å². The highest BCUT2D eigenvalue weighted by Crippen LogP contribution is 2.44. The zero-order valence-electron chi connectivity index (χ0n) is 16.9. The van der Waals surface area contributed by atoms with Gasteiger partial charge in [0.05, 0.1) is 18.0 Å². The zero-order chi connectivity index (χ0) is 20.9. The van der Waals surface area contributed by atoms with Gasteiger partial charge in [-0.1, -0.05) is 0 Å². The number of hydrogen-bond acceptors (Lipinski definition) is 5. The Balaban J connectivity index is 1.93. The van der Waals surface area contributed by atoms with E-state index in [9.17, 15) is 14.7 Å². The number of nitrogens with zero attached hydrogens (tertiary/aromatic N) is 2. The van der Waals surface area contributed by atoms with Crippen molar-refractivity contribution in [2.24, 2.45) is 5.92 Å². The molecule has 2 heterocycles. The van der Waals surface area contributed by atoms with Crippen LogP contribution >= 0.6 is 0 Å². The summed E-state index contributed by atoms with van der Waals surface area (Å²) in [5, 5.41) is 12.7. The molecule has 1 aromatic heterocycles. The Morgan fingerprint density at radius 1 is 1.38 bits per heavy atom. The highest BCUT2D eigenvalue weighted by molar-refractivity contribution is 5.97. The average molecular weight is 403 g/mol. The van der Waals surface area contributed by atoms with Gasteiger partial charge in [0.15, 0.2) is 11.6 Å². The molecule has 2 N–H and O–H groups in total. The molecule has 0 spiro atoms. The molecule has 1 aliphatic carbocycles. The van der Waals surface area contributed by atoms with Gasteiger partial charge >= 0.3 is 5.97 Å². The van der Waals surface area contributed by atoms with E-state index in [1.54, 1.807) is 4.57 Å². The number of rotatable bonds is 6. The van der Waals surface area contributed by atoms with Gasteiger partial charge in [-0.3, -0.25) is 4.79 Å². The van der Waals surface area contributed by atoms with Gasteiger partial charge in [0.1, 0.15) is 11.3 Å². The Hall–Kier alpha value is -2.61. The average Bonchev–Trinajstić information content (AvgIpc) is 3.43. The summed E-state index contributed by atoms with van der Waals surface area (Å²) in [6, 6.07) is 1.58. The Kier molecular flexibility index (Phi) is 4.98. The van der Waals surface area contributed by atoms with Gasteiger partial charge < -0.3 is 24.6 Å². The van der Waals surface area contributed by atoms with Crippen LogP contribution in [0.3, 0.4) is 0 Å². The van der Waals surface area contributed by atoms with Crippen molar-refractivity contribution in [3.63, 3.8) is 0 Å². The summed E-state index contributed by atoms with van der Waals surface area (Å²) >= 11 is 0. The third-order valence-electron chi connectivity index (χ3n) is 6.28. The molecule has 8 heteroatoms. The molecule has 2 aliphatic rings. The maximum absolute atomic E-state index is 15.3. The second-order valence-electron chi connectivity index (χ2n) is 8.02. The molecule has 4 rings (SSSR count). The smallest absolute Gasteiger partial charge is 0.341 e. The van der Waals surface area contributed by atoms with Gasteiger partial charge in [-0.05, 0) is 45.2 Å². The van der Waals surface area contributed by atoms with Crippen LogP contribution in [-0.2, 0) is 0 Å². The standard InChI is InChI=1S/C21H26FN3O4/c1-11(23-2)12-6-7-24(9-12)18-16(22)8-14-17(20(18)29-3)25(13-4-5-13)10-15(19(14)26)21(27)28/h8,10-13,23H,4-7,9H2,1-3H3,(H,27,28). The second kappa shape index (κ2) is 7.33. The molecule has 1 aromatic carbocycles. The van der Waals surface area contributed by atoms with Crippen LogP contribution in [0.1, 0.15) is 42.6 Å². The van der Waals surface area contributed by atoms with Gasteiger partial charge in [-0.2, -0.15) is 0 Å². The minimum Gasteiger partial charge on any atom is -0.492 e. The molecule has 156 valence electrons. The fourth-order valence-electron chi connectivity index (χ4n) is 4.36. The Bertz CT molecular complexity index is 1030. The predicted molar refractivity (Wildman–Crippen MR) is 109 cm³/mol. The van der Waals surface area contributed by atoms with Crippen molar-refractivity contribution < 1.29 is 19.0 Å².